The van der Waals surface area contributed by atoms with Gasteiger partial charge in [0, 0.05) is 37.3 Å². The number of nitrogens with zero attached hydrogens (tertiary/aromatic N) is 4. The Morgan fingerprint density at radius 3 is 2.79 bits per heavy atom. The van der Waals surface area contributed by atoms with Crippen LogP contribution >= 0.6 is 0 Å². The average Bonchev–Trinajstić information content (AvgIpc) is 3.23. The lowest BCUT2D eigenvalue weighted by Crippen LogP contribution is -2.40. The lowest BCUT2D eigenvalue weighted by molar-refractivity contribution is -0.116. The van der Waals surface area contributed by atoms with E-state index in [9.17, 15) is 4.79 Å². The van der Waals surface area contributed by atoms with Crippen LogP contribution < -0.4 is 16.0 Å². The van der Waals surface area contributed by atoms with E-state index in [1.54, 1.807) is 13.4 Å². The van der Waals surface area contributed by atoms with E-state index < -0.39 is 0 Å². The molecule has 8 nitrogen and oxygen atoms in total. The first kappa shape index (κ1) is 18.7. The summed E-state index contributed by atoms with van der Waals surface area (Å²) in [5.74, 6) is 1.55. The number of nitrogens with one attached hydrogen (secondary N) is 3. The first-order chi connectivity index (χ1) is 14.2. The number of aliphatic imine (C=N–C) groups is 1. The van der Waals surface area contributed by atoms with Crippen LogP contribution in [0.5, 0.6) is 0 Å². The molecule has 0 saturated carbocycles. The van der Waals surface area contributed by atoms with Gasteiger partial charge < -0.3 is 16.0 Å². The highest BCUT2D eigenvalue weighted by atomic mass is 16.1. The zero-order valence-electron chi connectivity index (χ0n) is 16.2. The Bertz CT molecular complexity index is 1010. The van der Waals surface area contributed by atoms with E-state index in [0.29, 0.717) is 25.5 Å². The van der Waals surface area contributed by atoms with E-state index in [1.807, 2.05) is 53.1 Å². The van der Waals surface area contributed by atoms with Gasteiger partial charge in [0.15, 0.2) is 11.8 Å². The van der Waals surface area contributed by atoms with Crippen molar-refractivity contribution >= 4 is 17.6 Å². The maximum atomic E-state index is 12.0. The maximum absolute atomic E-state index is 12.0. The van der Waals surface area contributed by atoms with Crippen LogP contribution in [0.2, 0.25) is 0 Å². The van der Waals surface area contributed by atoms with Crippen molar-refractivity contribution in [2.24, 2.45) is 4.99 Å². The minimum atomic E-state index is 0.0365. The van der Waals surface area contributed by atoms with Crippen molar-refractivity contribution in [1.82, 2.24) is 25.4 Å². The van der Waals surface area contributed by atoms with E-state index >= 15 is 0 Å². The zero-order chi connectivity index (χ0) is 20.1. The molecular formula is C21H23N7O. The molecule has 1 aliphatic rings. The first-order valence-corrected chi connectivity index (χ1v) is 9.52. The highest BCUT2D eigenvalue weighted by Gasteiger charge is 2.24. The Balaban J connectivity index is 1.38. The fourth-order valence-electron chi connectivity index (χ4n) is 3.47. The second kappa shape index (κ2) is 8.55. The number of carbonyl (C=O) groups excluding carboxylic acids is 1. The van der Waals surface area contributed by atoms with Gasteiger partial charge in [0.1, 0.15) is 6.33 Å². The van der Waals surface area contributed by atoms with Crippen molar-refractivity contribution in [2.45, 2.75) is 18.9 Å². The Morgan fingerprint density at radius 1 is 1.17 bits per heavy atom. The average molecular weight is 389 g/mol. The molecule has 0 fully saturated rings. The molecule has 3 N–H and O–H groups in total. The van der Waals surface area contributed by atoms with Gasteiger partial charge in [0.25, 0.3) is 0 Å². The molecule has 1 aliphatic heterocycles. The third-order valence-corrected chi connectivity index (χ3v) is 4.91. The molecule has 1 aromatic heterocycles. The monoisotopic (exact) mass is 389 g/mol. The predicted molar refractivity (Wildman–Crippen MR) is 112 cm³/mol. The van der Waals surface area contributed by atoms with Crippen LogP contribution in [0.15, 0.2) is 65.9 Å². The Labute approximate surface area is 169 Å². The van der Waals surface area contributed by atoms with Gasteiger partial charge in [-0.3, -0.25) is 14.4 Å². The summed E-state index contributed by atoms with van der Waals surface area (Å²) < 4.78 is 1.93. The largest absolute Gasteiger partial charge is 0.356 e. The summed E-state index contributed by atoms with van der Waals surface area (Å²) in [6.45, 7) is 1.08. The quantitative estimate of drug-likeness (QED) is 0.459. The molecule has 148 valence electrons. The van der Waals surface area contributed by atoms with Crippen molar-refractivity contribution < 1.29 is 4.79 Å². The van der Waals surface area contributed by atoms with Crippen LogP contribution in [0.4, 0.5) is 5.69 Å². The molecule has 29 heavy (non-hydrogen) atoms. The standard InChI is InChI=1S/C21H23N7O/c1-22-21(23-12-15-11-20(29)26-18-10-6-5-9-17(15)18)24-13-19-27-25-14-28(19)16-7-3-2-4-8-16/h2-10,14-15H,11-13H2,1H3,(H,26,29)(H2,22,23,24). The van der Waals surface area contributed by atoms with Gasteiger partial charge in [-0.25, -0.2) is 0 Å². The third-order valence-electron chi connectivity index (χ3n) is 4.91. The van der Waals surface area contributed by atoms with E-state index in [1.165, 1.54) is 0 Å². The van der Waals surface area contributed by atoms with Crippen molar-refractivity contribution in [2.75, 3.05) is 18.9 Å². The molecule has 0 saturated heterocycles. The van der Waals surface area contributed by atoms with Gasteiger partial charge in [0.05, 0.1) is 6.54 Å². The van der Waals surface area contributed by atoms with E-state index in [0.717, 1.165) is 22.8 Å². The van der Waals surface area contributed by atoms with Crippen molar-refractivity contribution in [3.63, 3.8) is 0 Å². The zero-order valence-corrected chi connectivity index (χ0v) is 16.2. The number of benzene rings is 2. The number of para-hydroxylation sites is 2. The molecule has 2 heterocycles. The minimum absolute atomic E-state index is 0.0365. The molecule has 1 amide bonds. The molecule has 0 radical (unpaired) electrons. The van der Waals surface area contributed by atoms with Gasteiger partial charge in [-0.1, -0.05) is 36.4 Å². The van der Waals surface area contributed by atoms with Gasteiger partial charge >= 0.3 is 0 Å². The summed E-state index contributed by atoms with van der Waals surface area (Å²) in [6, 6.07) is 17.8. The molecule has 3 aromatic rings. The number of aromatic nitrogens is 3. The van der Waals surface area contributed by atoms with E-state index in [-0.39, 0.29) is 11.8 Å². The highest BCUT2D eigenvalue weighted by molar-refractivity contribution is 5.94. The smallest absolute Gasteiger partial charge is 0.225 e. The Kier molecular flexibility index (Phi) is 5.51. The molecule has 0 aliphatic carbocycles. The van der Waals surface area contributed by atoms with Crippen molar-refractivity contribution in [1.29, 1.82) is 0 Å². The second-order valence-electron chi connectivity index (χ2n) is 6.80. The minimum Gasteiger partial charge on any atom is -0.356 e. The number of carbonyl (C=O) groups is 1. The molecule has 0 spiro atoms. The third kappa shape index (κ3) is 4.26. The summed E-state index contributed by atoms with van der Waals surface area (Å²) in [5, 5.41) is 17.7. The van der Waals surface area contributed by atoms with Crippen LogP contribution in [0, 0.1) is 0 Å². The summed E-state index contributed by atoms with van der Waals surface area (Å²) in [6.07, 6.45) is 2.14. The molecular weight excluding hydrogens is 366 g/mol. The van der Waals surface area contributed by atoms with Crippen molar-refractivity contribution in [3.8, 4) is 5.69 Å². The topological polar surface area (TPSA) is 96.2 Å². The summed E-state index contributed by atoms with van der Waals surface area (Å²) in [7, 11) is 1.72. The lowest BCUT2D eigenvalue weighted by atomic mass is 9.90. The second-order valence-corrected chi connectivity index (χ2v) is 6.80. The van der Waals surface area contributed by atoms with Gasteiger partial charge in [-0.2, -0.15) is 0 Å². The number of hydrogen-bond acceptors (Lipinski definition) is 4. The number of rotatable bonds is 5. The van der Waals surface area contributed by atoms with Gasteiger partial charge in [0.2, 0.25) is 5.91 Å². The Morgan fingerprint density at radius 2 is 1.97 bits per heavy atom. The Hall–Kier alpha value is -3.68. The molecule has 4 rings (SSSR count). The van der Waals surface area contributed by atoms with Crippen LogP contribution in [0.1, 0.15) is 23.7 Å². The van der Waals surface area contributed by atoms with Crippen LogP contribution in [-0.2, 0) is 11.3 Å². The molecule has 0 bridgehead atoms. The fraction of sp³-hybridized carbons (Fsp3) is 0.238. The first-order valence-electron chi connectivity index (χ1n) is 9.52. The number of hydrogen-bond donors (Lipinski definition) is 3. The number of amides is 1. The SMILES string of the molecule is CN=C(NCc1nncn1-c1ccccc1)NCC1CC(=O)Nc2ccccc21. The highest BCUT2D eigenvalue weighted by Crippen LogP contribution is 2.31. The van der Waals surface area contributed by atoms with Gasteiger partial charge in [-0.05, 0) is 23.8 Å². The fourth-order valence-corrected chi connectivity index (χ4v) is 3.47. The normalized spacial score (nSPS) is 16.1. The summed E-state index contributed by atoms with van der Waals surface area (Å²) in [4.78, 5) is 16.3. The van der Waals surface area contributed by atoms with Gasteiger partial charge in [-0.15, -0.1) is 10.2 Å². The lowest BCUT2D eigenvalue weighted by Gasteiger charge is -2.26. The van der Waals surface area contributed by atoms with E-state index in [2.05, 4.69) is 37.2 Å². The molecule has 1 unspecified atom stereocenters. The van der Waals surface area contributed by atoms with Crippen LogP contribution in [0.3, 0.4) is 0 Å². The molecule has 2 aromatic carbocycles. The van der Waals surface area contributed by atoms with Crippen molar-refractivity contribution in [3.05, 3.63) is 72.3 Å². The van der Waals surface area contributed by atoms with Crippen LogP contribution in [-0.4, -0.2) is 40.2 Å². The molecule has 8 heteroatoms. The molecule has 1 atom stereocenters. The number of guanidine groups is 1. The maximum Gasteiger partial charge on any atom is 0.225 e. The summed E-state index contributed by atoms with van der Waals surface area (Å²) >= 11 is 0. The predicted octanol–water partition coefficient (Wildman–Crippen LogP) is 2.06. The van der Waals surface area contributed by atoms with E-state index in [4.69, 9.17) is 0 Å². The summed E-state index contributed by atoms with van der Waals surface area (Å²) in [5.41, 5.74) is 3.02. The van der Waals surface area contributed by atoms with Crippen LogP contribution in [0.25, 0.3) is 5.69 Å². The number of anilines is 1. The number of fused-ring (bicyclic) bond motifs is 1.